The molecule has 0 atom stereocenters. The summed E-state index contributed by atoms with van der Waals surface area (Å²) in [5.41, 5.74) is 2.33. The molecule has 2 aromatic rings. The predicted molar refractivity (Wildman–Crippen MR) is 95.8 cm³/mol. The van der Waals surface area contributed by atoms with Gasteiger partial charge < -0.3 is 24.3 Å². The predicted octanol–water partition coefficient (Wildman–Crippen LogP) is 3.50. The number of carbonyl (C=O) groups excluding carboxylic acids is 1. The first-order valence-electron chi connectivity index (χ1n) is 7.93. The SMILES string of the molecule is CCOC(=O)c1ccc(NCc2ccc(OC)c(OC)c2OC)cc1. The third-order valence-corrected chi connectivity index (χ3v) is 3.66. The van der Waals surface area contributed by atoms with Crippen molar-refractivity contribution in [3.63, 3.8) is 0 Å². The Bertz CT molecular complexity index is 712. The van der Waals surface area contributed by atoms with Crippen molar-refractivity contribution in [2.75, 3.05) is 33.3 Å². The van der Waals surface area contributed by atoms with Crippen molar-refractivity contribution in [1.29, 1.82) is 0 Å². The number of esters is 1. The number of carbonyl (C=O) groups is 1. The Morgan fingerprint density at radius 2 is 1.60 bits per heavy atom. The van der Waals surface area contributed by atoms with Gasteiger partial charge in [0.2, 0.25) is 5.75 Å². The van der Waals surface area contributed by atoms with Crippen molar-refractivity contribution in [2.24, 2.45) is 0 Å². The summed E-state index contributed by atoms with van der Waals surface area (Å²) in [6, 6.07) is 10.9. The highest BCUT2D eigenvalue weighted by molar-refractivity contribution is 5.89. The Labute approximate surface area is 147 Å². The van der Waals surface area contributed by atoms with Crippen LogP contribution in [0.15, 0.2) is 36.4 Å². The van der Waals surface area contributed by atoms with Gasteiger partial charge in [-0.2, -0.15) is 0 Å². The number of methoxy groups -OCH3 is 3. The molecule has 0 unspecified atom stereocenters. The first-order valence-corrected chi connectivity index (χ1v) is 7.93. The van der Waals surface area contributed by atoms with Gasteiger partial charge in [-0.15, -0.1) is 0 Å². The Balaban J connectivity index is 2.12. The van der Waals surface area contributed by atoms with Crippen LogP contribution in [0.25, 0.3) is 0 Å². The minimum Gasteiger partial charge on any atom is -0.493 e. The van der Waals surface area contributed by atoms with Gasteiger partial charge in [0.1, 0.15) is 0 Å². The van der Waals surface area contributed by atoms with Crippen molar-refractivity contribution < 1.29 is 23.7 Å². The van der Waals surface area contributed by atoms with Gasteiger partial charge in [0.25, 0.3) is 0 Å². The number of hydrogen-bond donors (Lipinski definition) is 1. The molecular formula is C19H23NO5. The van der Waals surface area contributed by atoms with E-state index in [1.54, 1.807) is 40.4 Å². The molecule has 0 heterocycles. The van der Waals surface area contributed by atoms with Gasteiger partial charge >= 0.3 is 5.97 Å². The highest BCUT2D eigenvalue weighted by Crippen LogP contribution is 2.39. The second-order valence-electron chi connectivity index (χ2n) is 5.14. The van der Waals surface area contributed by atoms with E-state index in [-0.39, 0.29) is 5.97 Å². The highest BCUT2D eigenvalue weighted by Gasteiger charge is 2.15. The van der Waals surface area contributed by atoms with Crippen LogP contribution in [-0.2, 0) is 11.3 Å². The van der Waals surface area contributed by atoms with Crippen LogP contribution in [0, 0.1) is 0 Å². The number of hydrogen-bond acceptors (Lipinski definition) is 6. The lowest BCUT2D eigenvalue weighted by molar-refractivity contribution is 0.0526. The molecule has 6 heteroatoms. The van der Waals surface area contributed by atoms with E-state index < -0.39 is 0 Å². The van der Waals surface area contributed by atoms with Crippen LogP contribution < -0.4 is 19.5 Å². The zero-order chi connectivity index (χ0) is 18.2. The molecule has 0 fully saturated rings. The molecule has 134 valence electrons. The fourth-order valence-electron chi connectivity index (χ4n) is 2.44. The van der Waals surface area contributed by atoms with Crippen LogP contribution in [0.4, 0.5) is 5.69 Å². The molecule has 0 aliphatic heterocycles. The van der Waals surface area contributed by atoms with Crippen LogP contribution >= 0.6 is 0 Å². The van der Waals surface area contributed by atoms with E-state index in [0.29, 0.717) is 36.0 Å². The lowest BCUT2D eigenvalue weighted by Gasteiger charge is -2.16. The number of rotatable bonds is 8. The lowest BCUT2D eigenvalue weighted by atomic mass is 10.1. The summed E-state index contributed by atoms with van der Waals surface area (Å²) in [5.74, 6) is 1.47. The zero-order valence-electron chi connectivity index (χ0n) is 14.9. The maximum atomic E-state index is 11.7. The smallest absolute Gasteiger partial charge is 0.338 e. The molecule has 0 aromatic heterocycles. The van der Waals surface area contributed by atoms with E-state index in [1.807, 2.05) is 24.3 Å². The van der Waals surface area contributed by atoms with Gasteiger partial charge in [-0.1, -0.05) is 0 Å². The first-order chi connectivity index (χ1) is 12.1. The maximum Gasteiger partial charge on any atom is 0.338 e. The average Bonchev–Trinajstić information content (AvgIpc) is 2.65. The third kappa shape index (κ3) is 4.35. The summed E-state index contributed by atoms with van der Waals surface area (Å²) >= 11 is 0. The van der Waals surface area contributed by atoms with Gasteiger partial charge in [-0.05, 0) is 43.3 Å². The van der Waals surface area contributed by atoms with Gasteiger partial charge in [0.15, 0.2) is 11.5 Å². The second kappa shape index (κ2) is 8.82. The van der Waals surface area contributed by atoms with Crippen LogP contribution in [0.2, 0.25) is 0 Å². The Morgan fingerprint density at radius 1 is 0.920 bits per heavy atom. The molecule has 0 aliphatic carbocycles. The monoisotopic (exact) mass is 345 g/mol. The molecular weight excluding hydrogens is 322 g/mol. The molecule has 2 aromatic carbocycles. The molecule has 6 nitrogen and oxygen atoms in total. The summed E-state index contributed by atoms with van der Waals surface area (Å²) in [6.07, 6.45) is 0. The molecule has 0 aliphatic rings. The highest BCUT2D eigenvalue weighted by atomic mass is 16.5. The molecule has 0 bridgehead atoms. The minimum absolute atomic E-state index is 0.324. The summed E-state index contributed by atoms with van der Waals surface area (Å²) in [5, 5.41) is 3.29. The quantitative estimate of drug-likeness (QED) is 0.739. The van der Waals surface area contributed by atoms with E-state index in [2.05, 4.69) is 5.32 Å². The average molecular weight is 345 g/mol. The van der Waals surface area contributed by atoms with Crippen molar-refractivity contribution in [3.05, 3.63) is 47.5 Å². The standard InChI is InChI=1S/C19H23NO5/c1-5-25-19(21)13-6-9-15(10-7-13)20-12-14-8-11-16(22-2)18(24-4)17(14)23-3/h6-11,20H,5,12H2,1-4H3. The third-order valence-electron chi connectivity index (χ3n) is 3.66. The van der Waals surface area contributed by atoms with E-state index >= 15 is 0 Å². The van der Waals surface area contributed by atoms with Gasteiger partial charge in [0, 0.05) is 17.8 Å². The molecule has 0 saturated carbocycles. The molecule has 0 saturated heterocycles. The number of benzene rings is 2. The Kier molecular flexibility index (Phi) is 6.51. The molecule has 1 N–H and O–H groups in total. The minimum atomic E-state index is -0.324. The molecule has 0 radical (unpaired) electrons. The second-order valence-corrected chi connectivity index (χ2v) is 5.14. The largest absolute Gasteiger partial charge is 0.493 e. The van der Waals surface area contributed by atoms with Crippen LogP contribution in [0.1, 0.15) is 22.8 Å². The summed E-state index contributed by atoms with van der Waals surface area (Å²) in [6.45, 7) is 2.67. The molecule has 0 amide bonds. The maximum absolute atomic E-state index is 11.7. The number of ether oxygens (including phenoxy) is 4. The van der Waals surface area contributed by atoms with E-state index in [9.17, 15) is 4.79 Å². The summed E-state index contributed by atoms with van der Waals surface area (Å²) < 4.78 is 21.1. The van der Waals surface area contributed by atoms with E-state index in [4.69, 9.17) is 18.9 Å². The topological polar surface area (TPSA) is 66.0 Å². The zero-order valence-corrected chi connectivity index (χ0v) is 14.9. The van der Waals surface area contributed by atoms with Crippen molar-refractivity contribution in [1.82, 2.24) is 0 Å². The molecule has 2 rings (SSSR count). The lowest BCUT2D eigenvalue weighted by Crippen LogP contribution is -2.06. The van der Waals surface area contributed by atoms with Crippen LogP contribution in [0.3, 0.4) is 0 Å². The van der Waals surface area contributed by atoms with E-state index in [1.165, 1.54) is 0 Å². The summed E-state index contributed by atoms with van der Waals surface area (Å²) in [4.78, 5) is 11.7. The Hall–Kier alpha value is -2.89. The number of nitrogens with one attached hydrogen (secondary N) is 1. The van der Waals surface area contributed by atoms with Crippen LogP contribution in [0.5, 0.6) is 17.2 Å². The van der Waals surface area contributed by atoms with Gasteiger partial charge in [-0.25, -0.2) is 4.79 Å². The normalized spacial score (nSPS) is 10.1. The molecule has 25 heavy (non-hydrogen) atoms. The van der Waals surface area contributed by atoms with Crippen LogP contribution in [-0.4, -0.2) is 33.9 Å². The van der Waals surface area contributed by atoms with Gasteiger partial charge in [0.05, 0.1) is 33.5 Å². The van der Waals surface area contributed by atoms with Crippen molar-refractivity contribution in [3.8, 4) is 17.2 Å². The van der Waals surface area contributed by atoms with Crippen molar-refractivity contribution in [2.45, 2.75) is 13.5 Å². The molecule has 0 spiro atoms. The fraction of sp³-hybridized carbons (Fsp3) is 0.316. The summed E-state index contributed by atoms with van der Waals surface area (Å²) in [7, 11) is 4.75. The van der Waals surface area contributed by atoms with Crippen molar-refractivity contribution >= 4 is 11.7 Å². The first kappa shape index (κ1) is 18.4. The Morgan fingerprint density at radius 3 is 2.16 bits per heavy atom. The van der Waals surface area contributed by atoms with Gasteiger partial charge in [-0.3, -0.25) is 0 Å². The number of anilines is 1. The van der Waals surface area contributed by atoms with E-state index in [0.717, 1.165) is 11.3 Å². The fourth-order valence-corrected chi connectivity index (χ4v) is 2.44.